The van der Waals surface area contributed by atoms with Gasteiger partial charge in [0, 0.05) is 12.0 Å². The SMILES string of the molecule is CCC(C)(C)C(=O)NCCc1ccc(OCc2ccccc2)cc1. The van der Waals surface area contributed by atoms with Gasteiger partial charge in [-0.15, -0.1) is 0 Å². The Kier molecular flexibility index (Phi) is 6.42. The summed E-state index contributed by atoms with van der Waals surface area (Å²) in [5, 5.41) is 3.01. The number of rotatable bonds is 8. The molecular weight excluding hydrogens is 298 g/mol. The standard InChI is InChI=1S/C21H27NO2/c1-4-21(2,3)20(23)22-15-14-17-10-12-19(13-11-17)24-16-18-8-6-5-7-9-18/h5-13H,4,14-16H2,1-3H3,(H,22,23). The van der Waals surface area contributed by atoms with Crippen LogP contribution in [0, 0.1) is 5.41 Å². The highest BCUT2D eigenvalue weighted by Crippen LogP contribution is 2.19. The molecule has 0 atom stereocenters. The molecule has 0 radical (unpaired) electrons. The van der Waals surface area contributed by atoms with Gasteiger partial charge in [0.05, 0.1) is 0 Å². The zero-order valence-corrected chi connectivity index (χ0v) is 14.8. The maximum Gasteiger partial charge on any atom is 0.225 e. The van der Waals surface area contributed by atoms with Crippen molar-refractivity contribution in [3.8, 4) is 5.75 Å². The van der Waals surface area contributed by atoms with Gasteiger partial charge in [0.25, 0.3) is 0 Å². The number of hydrogen-bond acceptors (Lipinski definition) is 2. The highest BCUT2D eigenvalue weighted by molar-refractivity contribution is 5.81. The van der Waals surface area contributed by atoms with Crippen LogP contribution >= 0.6 is 0 Å². The molecule has 1 amide bonds. The molecule has 2 aromatic carbocycles. The van der Waals surface area contributed by atoms with Crippen molar-refractivity contribution in [2.75, 3.05) is 6.54 Å². The van der Waals surface area contributed by atoms with Crippen LogP contribution < -0.4 is 10.1 Å². The Bertz CT molecular complexity index is 633. The van der Waals surface area contributed by atoms with Crippen LogP contribution in [0.1, 0.15) is 38.3 Å². The lowest BCUT2D eigenvalue weighted by Crippen LogP contribution is -2.37. The van der Waals surface area contributed by atoms with Gasteiger partial charge in [-0.3, -0.25) is 4.79 Å². The maximum absolute atomic E-state index is 12.0. The molecule has 1 N–H and O–H groups in total. The highest BCUT2D eigenvalue weighted by atomic mass is 16.5. The monoisotopic (exact) mass is 325 g/mol. The van der Waals surface area contributed by atoms with Crippen LogP contribution in [0.2, 0.25) is 0 Å². The van der Waals surface area contributed by atoms with E-state index < -0.39 is 0 Å². The molecule has 0 aromatic heterocycles. The molecule has 0 aliphatic heterocycles. The first-order chi connectivity index (χ1) is 11.5. The van der Waals surface area contributed by atoms with Crippen molar-refractivity contribution in [1.29, 1.82) is 0 Å². The van der Waals surface area contributed by atoms with Gasteiger partial charge >= 0.3 is 0 Å². The third-order valence-corrected chi connectivity index (χ3v) is 4.37. The van der Waals surface area contributed by atoms with Gasteiger partial charge in [-0.05, 0) is 36.1 Å². The summed E-state index contributed by atoms with van der Waals surface area (Å²) in [6, 6.07) is 18.2. The zero-order valence-electron chi connectivity index (χ0n) is 14.8. The summed E-state index contributed by atoms with van der Waals surface area (Å²) in [6.07, 6.45) is 1.66. The summed E-state index contributed by atoms with van der Waals surface area (Å²) in [6.45, 7) is 7.21. The Labute approximate surface area is 145 Å². The van der Waals surface area contributed by atoms with Crippen molar-refractivity contribution in [3.05, 3.63) is 65.7 Å². The van der Waals surface area contributed by atoms with Crippen molar-refractivity contribution in [3.63, 3.8) is 0 Å². The van der Waals surface area contributed by atoms with Gasteiger partial charge in [0.15, 0.2) is 0 Å². The molecule has 0 spiro atoms. The van der Waals surface area contributed by atoms with Gasteiger partial charge in [0.1, 0.15) is 12.4 Å². The smallest absolute Gasteiger partial charge is 0.225 e. The lowest BCUT2D eigenvalue weighted by atomic mass is 9.89. The molecule has 0 bridgehead atoms. The Balaban J connectivity index is 1.77. The fourth-order valence-corrected chi connectivity index (χ4v) is 2.21. The van der Waals surface area contributed by atoms with Crippen LogP contribution in [0.5, 0.6) is 5.75 Å². The topological polar surface area (TPSA) is 38.3 Å². The summed E-state index contributed by atoms with van der Waals surface area (Å²) in [4.78, 5) is 12.0. The largest absolute Gasteiger partial charge is 0.489 e. The summed E-state index contributed by atoms with van der Waals surface area (Å²) in [7, 11) is 0. The van der Waals surface area contributed by atoms with Gasteiger partial charge in [-0.2, -0.15) is 0 Å². The predicted octanol–water partition coefficient (Wildman–Crippen LogP) is 4.36. The van der Waals surface area contributed by atoms with E-state index in [4.69, 9.17) is 4.74 Å². The second kappa shape index (κ2) is 8.53. The van der Waals surface area contributed by atoms with Gasteiger partial charge < -0.3 is 10.1 Å². The van der Waals surface area contributed by atoms with E-state index in [9.17, 15) is 4.79 Å². The number of amides is 1. The van der Waals surface area contributed by atoms with E-state index in [1.807, 2.05) is 51.1 Å². The molecule has 2 aromatic rings. The third kappa shape index (κ3) is 5.41. The summed E-state index contributed by atoms with van der Waals surface area (Å²) < 4.78 is 5.78. The van der Waals surface area contributed by atoms with Crippen molar-refractivity contribution in [1.82, 2.24) is 5.32 Å². The van der Waals surface area contributed by atoms with E-state index in [1.54, 1.807) is 0 Å². The fraction of sp³-hybridized carbons (Fsp3) is 0.381. The number of hydrogen-bond donors (Lipinski definition) is 1. The van der Waals surface area contributed by atoms with Crippen LogP contribution in [0.25, 0.3) is 0 Å². The van der Waals surface area contributed by atoms with Gasteiger partial charge in [-0.25, -0.2) is 0 Å². The maximum atomic E-state index is 12.0. The Morgan fingerprint density at radius 1 is 1.00 bits per heavy atom. The van der Waals surface area contributed by atoms with Gasteiger partial charge in [0.2, 0.25) is 5.91 Å². The van der Waals surface area contributed by atoms with E-state index in [-0.39, 0.29) is 11.3 Å². The Morgan fingerprint density at radius 3 is 2.29 bits per heavy atom. The zero-order chi connectivity index (χ0) is 17.4. The lowest BCUT2D eigenvalue weighted by Gasteiger charge is -2.21. The van der Waals surface area contributed by atoms with Crippen molar-refractivity contribution < 1.29 is 9.53 Å². The minimum absolute atomic E-state index is 0.118. The molecule has 0 heterocycles. The quantitative estimate of drug-likeness (QED) is 0.783. The van der Waals surface area contributed by atoms with E-state index in [0.29, 0.717) is 13.2 Å². The van der Waals surface area contributed by atoms with E-state index in [0.717, 1.165) is 24.2 Å². The van der Waals surface area contributed by atoms with E-state index in [1.165, 1.54) is 5.56 Å². The van der Waals surface area contributed by atoms with E-state index in [2.05, 4.69) is 29.6 Å². The highest BCUT2D eigenvalue weighted by Gasteiger charge is 2.24. The average Bonchev–Trinajstić information content (AvgIpc) is 2.61. The molecular formula is C21H27NO2. The molecule has 0 unspecified atom stereocenters. The molecule has 128 valence electrons. The molecule has 0 saturated carbocycles. The van der Waals surface area contributed by atoms with Crippen LogP contribution in [-0.4, -0.2) is 12.5 Å². The van der Waals surface area contributed by atoms with E-state index >= 15 is 0 Å². The predicted molar refractivity (Wildman–Crippen MR) is 98.0 cm³/mol. The van der Waals surface area contributed by atoms with Crippen molar-refractivity contribution >= 4 is 5.91 Å². The van der Waals surface area contributed by atoms with Crippen LogP contribution in [0.15, 0.2) is 54.6 Å². The fourth-order valence-electron chi connectivity index (χ4n) is 2.21. The molecule has 24 heavy (non-hydrogen) atoms. The first-order valence-electron chi connectivity index (χ1n) is 8.55. The minimum atomic E-state index is -0.296. The molecule has 0 fully saturated rings. The summed E-state index contributed by atoms with van der Waals surface area (Å²) in [5.41, 5.74) is 2.05. The number of carbonyl (C=O) groups is 1. The average molecular weight is 325 g/mol. The van der Waals surface area contributed by atoms with Gasteiger partial charge in [-0.1, -0.05) is 63.2 Å². The molecule has 0 saturated heterocycles. The molecule has 3 heteroatoms. The van der Waals surface area contributed by atoms with Crippen LogP contribution in [0.3, 0.4) is 0 Å². The van der Waals surface area contributed by atoms with Crippen molar-refractivity contribution in [2.24, 2.45) is 5.41 Å². The summed E-state index contributed by atoms with van der Waals surface area (Å²) in [5.74, 6) is 0.978. The molecule has 0 aliphatic carbocycles. The summed E-state index contributed by atoms with van der Waals surface area (Å²) >= 11 is 0. The lowest BCUT2D eigenvalue weighted by molar-refractivity contribution is -0.129. The Morgan fingerprint density at radius 2 is 1.67 bits per heavy atom. The second-order valence-corrected chi connectivity index (χ2v) is 6.66. The third-order valence-electron chi connectivity index (χ3n) is 4.37. The first-order valence-corrected chi connectivity index (χ1v) is 8.55. The second-order valence-electron chi connectivity index (χ2n) is 6.66. The first kappa shape index (κ1) is 18.1. The van der Waals surface area contributed by atoms with Crippen LogP contribution in [0.4, 0.5) is 0 Å². The number of ether oxygens (including phenoxy) is 1. The molecule has 2 rings (SSSR count). The molecule has 0 aliphatic rings. The number of carbonyl (C=O) groups excluding carboxylic acids is 1. The normalized spacial score (nSPS) is 11.1. The number of nitrogens with one attached hydrogen (secondary N) is 1. The number of benzene rings is 2. The Hall–Kier alpha value is -2.29. The van der Waals surface area contributed by atoms with Crippen LogP contribution in [-0.2, 0) is 17.8 Å². The van der Waals surface area contributed by atoms with Crippen molar-refractivity contribution in [2.45, 2.75) is 40.2 Å². The molecule has 3 nitrogen and oxygen atoms in total. The minimum Gasteiger partial charge on any atom is -0.489 e.